The molecule has 0 amide bonds. The van der Waals surface area contributed by atoms with Gasteiger partial charge >= 0.3 is 0 Å². The summed E-state index contributed by atoms with van der Waals surface area (Å²) in [5.41, 5.74) is 0.0515. The molecule has 0 unspecified atom stereocenters. The molecule has 0 radical (unpaired) electrons. The van der Waals surface area contributed by atoms with Crippen LogP contribution in [0.15, 0.2) is 77.9 Å². The second-order valence-corrected chi connectivity index (χ2v) is 11.1. The van der Waals surface area contributed by atoms with Gasteiger partial charge in [0, 0.05) is 34.6 Å². The van der Waals surface area contributed by atoms with Crippen molar-refractivity contribution in [2.24, 2.45) is 15.9 Å². The standard InChI is InChI=1S/C30H25N3O5/c1-29(2,3)28(36)24-23(17-12-14-19(15-13-17)33(37)38)30(26(34)21-10-6-7-11-22(21)27(30)35)25-20-9-5-4-8-18(20)16-31-32(24)25/h4-16,23-25H,1-3H3/t23-,24+,25+/m1/s1. The first-order chi connectivity index (χ1) is 18.1. The molecule has 190 valence electrons. The van der Waals surface area contributed by atoms with E-state index in [4.69, 9.17) is 5.10 Å². The van der Waals surface area contributed by atoms with E-state index in [1.807, 2.05) is 24.3 Å². The number of nitro benzene ring substituents is 1. The van der Waals surface area contributed by atoms with Gasteiger partial charge in [0.2, 0.25) is 0 Å². The minimum Gasteiger partial charge on any atom is -0.297 e. The number of nitrogens with zero attached hydrogens (tertiary/aromatic N) is 3. The predicted molar refractivity (Wildman–Crippen MR) is 140 cm³/mol. The highest BCUT2D eigenvalue weighted by Crippen LogP contribution is 2.65. The molecule has 1 saturated heterocycles. The molecule has 0 saturated carbocycles. The predicted octanol–water partition coefficient (Wildman–Crippen LogP) is 5.13. The second kappa shape index (κ2) is 8.02. The molecule has 6 rings (SSSR count). The van der Waals surface area contributed by atoms with Crippen molar-refractivity contribution in [3.8, 4) is 0 Å². The number of hydrazone groups is 1. The van der Waals surface area contributed by atoms with Gasteiger partial charge in [-0.3, -0.25) is 29.5 Å². The smallest absolute Gasteiger partial charge is 0.269 e. The zero-order valence-corrected chi connectivity index (χ0v) is 21.1. The third-order valence-corrected chi connectivity index (χ3v) is 8.05. The van der Waals surface area contributed by atoms with Gasteiger partial charge in [-0.05, 0) is 16.7 Å². The fraction of sp³-hybridized carbons (Fsp3) is 0.267. The summed E-state index contributed by atoms with van der Waals surface area (Å²) < 4.78 is 0. The summed E-state index contributed by atoms with van der Waals surface area (Å²) in [7, 11) is 0. The molecular formula is C30H25N3O5. The molecule has 2 aliphatic heterocycles. The van der Waals surface area contributed by atoms with E-state index in [-0.39, 0.29) is 23.0 Å². The van der Waals surface area contributed by atoms with Gasteiger partial charge in [0.15, 0.2) is 17.3 Å². The lowest BCUT2D eigenvalue weighted by molar-refractivity contribution is -0.384. The average molecular weight is 508 g/mol. The fourth-order valence-corrected chi connectivity index (χ4v) is 6.40. The molecular weight excluding hydrogens is 482 g/mol. The Morgan fingerprint density at radius 1 is 0.921 bits per heavy atom. The molecule has 3 aromatic carbocycles. The van der Waals surface area contributed by atoms with Gasteiger partial charge in [-0.2, -0.15) is 5.10 Å². The lowest BCUT2D eigenvalue weighted by Gasteiger charge is -2.36. The monoisotopic (exact) mass is 507 g/mol. The van der Waals surface area contributed by atoms with Crippen molar-refractivity contribution in [1.29, 1.82) is 0 Å². The van der Waals surface area contributed by atoms with Gasteiger partial charge in [0.25, 0.3) is 5.69 Å². The largest absolute Gasteiger partial charge is 0.297 e. The number of rotatable bonds is 3. The maximum absolute atomic E-state index is 14.6. The number of ketones is 3. The number of carbonyl (C=O) groups excluding carboxylic acids is 3. The van der Waals surface area contributed by atoms with Crippen LogP contribution < -0.4 is 0 Å². The number of nitro groups is 1. The number of Topliss-reactive ketones (excluding diaryl/α,β-unsaturated/α-hetero) is 3. The van der Waals surface area contributed by atoms with Crippen molar-refractivity contribution in [2.75, 3.05) is 0 Å². The summed E-state index contributed by atoms with van der Waals surface area (Å²) in [6.45, 7) is 5.41. The van der Waals surface area contributed by atoms with Crippen LogP contribution in [0, 0.1) is 20.9 Å². The molecule has 0 bridgehead atoms. The number of hydrogen-bond acceptors (Lipinski definition) is 7. The summed E-state index contributed by atoms with van der Waals surface area (Å²) in [5.74, 6) is -1.80. The molecule has 38 heavy (non-hydrogen) atoms. The quantitative estimate of drug-likeness (QED) is 0.276. The van der Waals surface area contributed by atoms with Crippen molar-refractivity contribution in [3.05, 3.63) is 111 Å². The Morgan fingerprint density at radius 2 is 1.50 bits per heavy atom. The zero-order valence-electron chi connectivity index (χ0n) is 21.1. The van der Waals surface area contributed by atoms with Gasteiger partial charge in [0.05, 0.1) is 17.2 Å². The van der Waals surface area contributed by atoms with Crippen LogP contribution in [0.2, 0.25) is 0 Å². The SMILES string of the molecule is CC(C)(C)C(=O)[C@@H]1[C@@H](c2ccc([N+](=O)[O-])cc2)C2(C(=O)c3ccccc3C2=O)[C@@H]2c3ccccc3C=NN12. The third kappa shape index (κ3) is 3.03. The Morgan fingerprint density at radius 3 is 2.08 bits per heavy atom. The summed E-state index contributed by atoms with van der Waals surface area (Å²) in [5, 5.41) is 17.7. The van der Waals surface area contributed by atoms with E-state index >= 15 is 0 Å². The number of non-ortho nitro benzene ring substituents is 1. The minimum atomic E-state index is -1.68. The number of hydrogen-bond donors (Lipinski definition) is 0. The molecule has 2 heterocycles. The first-order valence-electron chi connectivity index (χ1n) is 12.5. The first kappa shape index (κ1) is 23.9. The summed E-state index contributed by atoms with van der Waals surface area (Å²) >= 11 is 0. The van der Waals surface area contributed by atoms with Crippen molar-refractivity contribution in [1.82, 2.24) is 5.01 Å². The van der Waals surface area contributed by atoms with Gasteiger partial charge in [-0.1, -0.05) is 81.4 Å². The maximum atomic E-state index is 14.6. The van der Waals surface area contributed by atoms with E-state index in [0.717, 1.165) is 11.1 Å². The Kier molecular flexibility index (Phi) is 5.04. The molecule has 0 N–H and O–H groups in total. The van der Waals surface area contributed by atoms with Crippen LogP contribution in [0.3, 0.4) is 0 Å². The average Bonchev–Trinajstić information content (AvgIpc) is 3.34. The fourth-order valence-electron chi connectivity index (χ4n) is 6.40. The van der Waals surface area contributed by atoms with Crippen LogP contribution in [0.25, 0.3) is 0 Å². The van der Waals surface area contributed by atoms with Crippen LogP contribution in [0.4, 0.5) is 5.69 Å². The van der Waals surface area contributed by atoms with E-state index in [9.17, 15) is 24.5 Å². The molecule has 8 nitrogen and oxygen atoms in total. The van der Waals surface area contributed by atoms with E-state index in [1.165, 1.54) is 12.1 Å². The number of carbonyl (C=O) groups is 3. The topological polar surface area (TPSA) is 110 Å². The molecule has 8 heteroatoms. The normalized spacial score (nSPS) is 22.8. The van der Waals surface area contributed by atoms with Crippen LogP contribution in [0.5, 0.6) is 0 Å². The molecule has 3 atom stereocenters. The maximum Gasteiger partial charge on any atom is 0.269 e. The van der Waals surface area contributed by atoms with Crippen molar-refractivity contribution in [3.63, 3.8) is 0 Å². The summed E-state index contributed by atoms with van der Waals surface area (Å²) in [4.78, 5) is 54.2. The minimum absolute atomic E-state index is 0.118. The molecule has 1 aliphatic carbocycles. The lowest BCUT2D eigenvalue weighted by Crippen LogP contribution is -2.45. The van der Waals surface area contributed by atoms with E-state index in [2.05, 4.69) is 0 Å². The summed E-state index contributed by atoms with van der Waals surface area (Å²) in [6.07, 6.45) is 1.66. The highest BCUT2D eigenvalue weighted by Gasteiger charge is 2.73. The number of fused-ring (bicyclic) bond motifs is 5. The van der Waals surface area contributed by atoms with Crippen molar-refractivity contribution < 1.29 is 19.3 Å². The second-order valence-electron chi connectivity index (χ2n) is 11.1. The van der Waals surface area contributed by atoms with Gasteiger partial charge in [0.1, 0.15) is 11.5 Å². The molecule has 0 aromatic heterocycles. The van der Waals surface area contributed by atoms with Crippen LogP contribution in [-0.2, 0) is 4.79 Å². The Labute approximate surface area is 219 Å². The Hall–Kier alpha value is -4.46. The molecule has 1 spiro atoms. The van der Waals surface area contributed by atoms with Crippen LogP contribution in [-0.4, -0.2) is 39.5 Å². The molecule has 3 aliphatic rings. The van der Waals surface area contributed by atoms with Crippen molar-refractivity contribution >= 4 is 29.3 Å². The number of benzene rings is 3. The molecule has 3 aromatic rings. The highest BCUT2D eigenvalue weighted by molar-refractivity contribution is 6.31. The Bertz CT molecular complexity index is 1530. The third-order valence-electron chi connectivity index (χ3n) is 8.05. The molecule has 1 fully saturated rings. The van der Waals surface area contributed by atoms with Gasteiger partial charge in [-0.25, -0.2) is 0 Å². The zero-order chi connectivity index (χ0) is 27.0. The van der Waals surface area contributed by atoms with E-state index < -0.39 is 33.8 Å². The van der Waals surface area contributed by atoms with Crippen molar-refractivity contribution in [2.45, 2.75) is 38.8 Å². The van der Waals surface area contributed by atoms with Gasteiger partial charge < -0.3 is 0 Å². The van der Waals surface area contributed by atoms with E-state index in [0.29, 0.717) is 16.7 Å². The Balaban J connectivity index is 1.69. The van der Waals surface area contributed by atoms with Gasteiger partial charge in [-0.15, -0.1) is 0 Å². The summed E-state index contributed by atoms with van der Waals surface area (Å²) in [6, 6.07) is 18.3. The van der Waals surface area contributed by atoms with E-state index in [1.54, 1.807) is 68.4 Å². The lowest BCUT2D eigenvalue weighted by atomic mass is 9.62. The van der Waals surface area contributed by atoms with Crippen LogP contribution in [0.1, 0.15) is 70.1 Å². The first-order valence-corrected chi connectivity index (χ1v) is 12.5. The highest BCUT2D eigenvalue weighted by atomic mass is 16.6. The van der Waals surface area contributed by atoms with Crippen LogP contribution >= 0.6 is 0 Å².